The van der Waals surface area contributed by atoms with Crippen molar-refractivity contribution >= 4 is 5.97 Å². The first-order chi connectivity index (χ1) is 8.88. The number of hydrogen-bond donors (Lipinski definition) is 1. The maximum atomic E-state index is 11.4. The Balaban J connectivity index is 2.07. The fourth-order valence-corrected chi connectivity index (χ4v) is 2.28. The van der Waals surface area contributed by atoms with Gasteiger partial charge in [-0.1, -0.05) is 6.07 Å². The zero-order valence-electron chi connectivity index (χ0n) is 11.4. The highest BCUT2D eigenvalue weighted by molar-refractivity contribution is 5.76. The number of carbonyl (C=O) groups excluding carboxylic acids is 1. The molecule has 0 spiro atoms. The van der Waals surface area contributed by atoms with E-state index in [2.05, 4.69) is 0 Å². The summed E-state index contributed by atoms with van der Waals surface area (Å²) >= 11 is 0. The summed E-state index contributed by atoms with van der Waals surface area (Å²) in [5.74, 6) is 0.709. The molecule has 0 aromatic heterocycles. The molecule has 3 rings (SSSR count). The highest BCUT2D eigenvalue weighted by Crippen LogP contribution is 2.42. The molecule has 0 unspecified atom stereocenters. The molecule has 2 heterocycles. The van der Waals surface area contributed by atoms with Crippen LogP contribution in [0.5, 0.6) is 11.5 Å². The predicted octanol–water partition coefficient (Wildman–Crippen LogP) is 1.61. The van der Waals surface area contributed by atoms with E-state index in [1.165, 1.54) is 0 Å². The van der Waals surface area contributed by atoms with Gasteiger partial charge in [0.15, 0.2) is 0 Å². The molecular formula is C14H16O4. The molecule has 0 amide bonds. The molecule has 4 heteroatoms. The number of ether oxygens (including phenoxy) is 2. The second kappa shape index (κ2) is 3.72. The van der Waals surface area contributed by atoms with Crippen molar-refractivity contribution in [2.24, 2.45) is 0 Å². The van der Waals surface area contributed by atoms with Crippen molar-refractivity contribution in [1.82, 2.24) is 0 Å². The van der Waals surface area contributed by atoms with Gasteiger partial charge in [0.2, 0.25) is 0 Å². The van der Waals surface area contributed by atoms with Crippen LogP contribution in [0.3, 0.4) is 0 Å². The van der Waals surface area contributed by atoms with Crippen molar-refractivity contribution in [3.8, 4) is 11.5 Å². The van der Waals surface area contributed by atoms with Crippen LogP contribution in [-0.2, 0) is 17.6 Å². The van der Waals surface area contributed by atoms with E-state index in [0.717, 1.165) is 5.56 Å². The fraction of sp³-hybridized carbons (Fsp3) is 0.500. The van der Waals surface area contributed by atoms with Gasteiger partial charge in [0.1, 0.15) is 17.6 Å². The van der Waals surface area contributed by atoms with E-state index >= 15 is 0 Å². The predicted molar refractivity (Wildman–Crippen MR) is 64.8 cm³/mol. The van der Waals surface area contributed by atoms with Gasteiger partial charge in [-0.2, -0.15) is 0 Å². The van der Waals surface area contributed by atoms with Crippen molar-refractivity contribution in [2.75, 3.05) is 0 Å². The third kappa shape index (κ3) is 1.77. The summed E-state index contributed by atoms with van der Waals surface area (Å²) in [6.45, 7) is 3.23. The van der Waals surface area contributed by atoms with Gasteiger partial charge in [-0.25, -0.2) is 0 Å². The van der Waals surface area contributed by atoms with Crippen LogP contribution in [0.4, 0.5) is 0 Å². The standard InChI is InChI=1S/C14H16O4/c1-14(2,16)11-7-9-10(17-11)5-3-8-4-6-12(15)18-13(8)9/h3,5,11,16H,4,6-7H2,1-2H3/t11-/m0/s1/i7D/t7-,11+/m1. The van der Waals surface area contributed by atoms with Crippen LogP contribution < -0.4 is 9.47 Å². The minimum absolute atomic E-state index is 0.278. The normalized spacial score (nSPS) is 26.8. The molecule has 2 aliphatic heterocycles. The van der Waals surface area contributed by atoms with Gasteiger partial charge < -0.3 is 14.6 Å². The van der Waals surface area contributed by atoms with E-state index in [1.807, 2.05) is 6.07 Å². The van der Waals surface area contributed by atoms with E-state index in [1.54, 1.807) is 19.9 Å². The lowest BCUT2D eigenvalue weighted by Crippen LogP contribution is -2.39. The van der Waals surface area contributed by atoms with Gasteiger partial charge in [0, 0.05) is 13.3 Å². The Morgan fingerprint density at radius 3 is 2.94 bits per heavy atom. The summed E-state index contributed by atoms with van der Waals surface area (Å²) in [6, 6.07) is 3.65. The average Bonchev–Trinajstić information content (AvgIpc) is 2.67. The Labute approximate surface area is 107 Å². The van der Waals surface area contributed by atoms with Gasteiger partial charge in [-0.05, 0) is 31.9 Å². The molecule has 0 saturated carbocycles. The minimum Gasteiger partial charge on any atom is -0.487 e. The second-order valence-electron chi connectivity index (χ2n) is 5.30. The Morgan fingerprint density at radius 1 is 1.44 bits per heavy atom. The summed E-state index contributed by atoms with van der Waals surface area (Å²) in [7, 11) is 0. The number of rotatable bonds is 1. The maximum Gasteiger partial charge on any atom is 0.311 e. The molecule has 0 bridgehead atoms. The summed E-state index contributed by atoms with van der Waals surface area (Å²) in [4.78, 5) is 11.4. The molecule has 96 valence electrons. The van der Waals surface area contributed by atoms with Crippen LogP contribution in [-0.4, -0.2) is 22.8 Å². The molecule has 1 aromatic rings. The van der Waals surface area contributed by atoms with Crippen molar-refractivity contribution in [2.45, 2.75) is 44.8 Å². The van der Waals surface area contributed by atoms with Crippen LogP contribution in [0.25, 0.3) is 0 Å². The van der Waals surface area contributed by atoms with Crippen LogP contribution in [0, 0.1) is 0 Å². The number of carbonyl (C=O) groups is 1. The van der Waals surface area contributed by atoms with Crippen molar-refractivity contribution in [3.63, 3.8) is 0 Å². The first-order valence-corrected chi connectivity index (χ1v) is 6.05. The highest BCUT2D eigenvalue weighted by Gasteiger charge is 2.38. The molecule has 0 aliphatic carbocycles. The van der Waals surface area contributed by atoms with Crippen LogP contribution in [0.2, 0.25) is 0 Å². The van der Waals surface area contributed by atoms with Gasteiger partial charge in [-0.3, -0.25) is 4.79 Å². The average molecular weight is 249 g/mol. The molecule has 0 radical (unpaired) electrons. The van der Waals surface area contributed by atoms with Crippen molar-refractivity contribution in [1.29, 1.82) is 0 Å². The van der Waals surface area contributed by atoms with E-state index in [0.29, 0.717) is 29.9 Å². The second-order valence-corrected chi connectivity index (χ2v) is 5.30. The lowest BCUT2D eigenvalue weighted by Gasteiger charge is -2.24. The molecule has 18 heavy (non-hydrogen) atoms. The largest absolute Gasteiger partial charge is 0.487 e. The van der Waals surface area contributed by atoms with Crippen molar-refractivity contribution < 1.29 is 20.7 Å². The number of aryl methyl sites for hydroxylation is 1. The third-order valence-electron chi connectivity index (χ3n) is 3.32. The SMILES string of the molecule is [2H][C@@H]1c2c(ccc3c2OC(=O)CC3)O[C@@H]1C(C)(C)O. The lowest BCUT2D eigenvalue weighted by molar-refractivity contribution is -0.135. The summed E-state index contributed by atoms with van der Waals surface area (Å²) < 4.78 is 19.2. The third-order valence-corrected chi connectivity index (χ3v) is 3.32. The zero-order valence-corrected chi connectivity index (χ0v) is 10.4. The summed E-state index contributed by atoms with van der Waals surface area (Å²) in [5, 5.41) is 10.1. The summed E-state index contributed by atoms with van der Waals surface area (Å²) in [5.41, 5.74) is 0.380. The first-order valence-electron chi connectivity index (χ1n) is 6.63. The fourth-order valence-electron chi connectivity index (χ4n) is 2.28. The monoisotopic (exact) mass is 249 g/mol. The number of hydrogen-bond acceptors (Lipinski definition) is 4. The highest BCUT2D eigenvalue weighted by atomic mass is 16.5. The first kappa shape index (κ1) is 10.4. The molecule has 0 fully saturated rings. The molecule has 0 saturated heterocycles. The number of aliphatic hydroxyl groups is 1. The molecule has 2 aliphatic rings. The van der Waals surface area contributed by atoms with Gasteiger partial charge in [-0.15, -0.1) is 0 Å². The van der Waals surface area contributed by atoms with E-state index < -0.39 is 18.1 Å². The van der Waals surface area contributed by atoms with Gasteiger partial charge >= 0.3 is 5.97 Å². The number of fused-ring (bicyclic) bond motifs is 3. The van der Waals surface area contributed by atoms with Crippen LogP contribution in [0.15, 0.2) is 12.1 Å². The Morgan fingerprint density at radius 2 is 2.22 bits per heavy atom. The smallest absolute Gasteiger partial charge is 0.311 e. The number of benzene rings is 1. The molecular weight excluding hydrogens is 232 g/mol. The topological polar surface area (TPSA) is 55.8 Å². The quantitative estimate of drug-likeness (QED) is 0.607. The van der Waals surface area contributed by atoms with Crippen LogP contribution >= 0.6 is 0 Å². The Bertz CT molecular complexity index is 547. The lowest BCUT2D eigenvalue weighted by atomic mass is 9.94. The minimum atomic E-state index is -1.13. The Kier molecular flexibility index (Phi) is 2.14. The van der Waals surface area contributed by atoms with Crippen molar-refractivity contribution in [3.05, 3.63) is 23.3 Å². The van der Waals surface area contributed by atoms with E-state index in [-0.39, 0.29) is 5.97 Å². The van der Waals surface area contributed by atoms with E-state index in [4.69, 9.17) is 10.8 Å². The van der Waals surface area contributed by atoms with Gasteiger partial charge in [0.05, 0.1) is 12.0 Å². The van der Waals surface area contributed by atoms with Gasteiger partial charge in [0.25, 0.3) is 0 Å². The molecule has 2 atom stereocenters. The molecule has 4 nitrogen and oxygen atoms in total. The van der Waals surface area contributed by atoms with Crippen LogP contribution in [0.1, 0.15) is 32.8 Å². The maximum absolute atomic E-state index is 11.4. The molecule has 1 N–H and O–H groups in total. The Hall–Kier alpha value is -1.55. The zero-order chi connectivity index (χ0) is 13.8. The molecule has 1 aromatic carbocycles. The van der Waals surface area contributed by atoms with E-state index in [9.17, 15) is 9.90 Å². The summed E-state index contributed by atoms with van der Waals surface area (Å²) in [6.07, 6.45) is -0.420. The number of esters is 1.